The van der Waals surface area contributed by atoms with E-state index in [0.29, 0.717) is 31.8 Å². The zero-order valence-corrected chi connectivity index (χ0v) is 18.5. The molecule has 0 bridgehead atoms. The molecule has 1 aliphatic heterocycles. The van der Waals surface area contributed by atoms with Crippen LogP contribution in [0.25, 0.3) is 0 Å². The van der Waals surface area contributed by atoms with Crippen molar-refractivity contribution >= 4 is 11.8 Å². The topological polar surface area (TPSA) is 49.9 Å². The molecule has 2 atom stereocenters. The zero-order valence-electron chi connectivity index (χ0n) is 18.5. The van der Waals surface area contributed by atoms with Gasteiger partial charge in [-0.15, -0.1) is 0 Å². The summed E-state index contributed by atoms with van der Waals surface area (Å²) in [5.41, 5.74) is 2.02. The van der Waals surface area contributed by atoms with E-state index in [2.05, 4.69) is 6.92 Å². The van der Waals surface area contributed by atoms with Gasteiger partial charge in [0.2, 0.25) is 5.91 Å². The fraction of sp³-hybridized carbons (Fsp3) is 0.440. The Morgan fingerprint density at radius 3 is 2.48 bits per heavy atom. The SMILES string of the molecule is CCCCN(CC)C(=O)C1c2ccccc2C(=O)N(CCOC)C1c1ccc(F)cc1. The Morgan fingerprint density at radius 1 is 1.13 bits per heavy atom. The van der Waals surface area contributed by atoms with Gasteiger partial charge in [0.25, 0.3) is 5.91 Å². The molecule has 2 aromatic rings. The molecular weight excluding hydrogens is 395 g/mol. The quantitative estimate of drug-likeness (QED) is 0.597. The first-order valence-corrected chi connectivity index (χ1v) is 11.0. The predicted molar refractivity (Wildman–Crippen MR) is 118 cm³/mol. The molecule has 0 fully saturated rings. The highest BCUT2D eigenvalue weighted by molar-refractivity contribution is 6.01. The molecule has 0 radical (unpaired) electrons. The number of unbranched alkanes of at least 4 members (excludes halogenated alkanes) is 1. The van der Waals surface area contributed by atoms with Crippen LogP contribution in [0.15, 0.2) is 48.5 Å². The highest BCUT2D eigenvalue weighted by Gasteiger charge is 2.45. The van der Waals surface area contributed by atoms with Crippen LogP contribution in [0.1, 0.15) is 60.1 Å². The molecule has 5 nitrogen and oxygen atoms in total. The van der Waals surface area contributed by atoms with E-state index in [1.54, 1.807) is 30.2 Å². The first-order valence-electron chi connectivity index (χ1n) is 11.0. The summed E-state index contributed by atoms with van der Waals surface area (Å²) in [7, 11) is 1.58. The number of fused-ring (bicyclic) bond motifs is 1. The Morgan fingerprint density at radius 2 is 1.84 bits per heavy atom. The molecule has 6 heteroatoms. The molecule has 2 unspecified atom stereocenters. The summed E-state index contributed by atoms with van der Waals surface area (Å²) in [6.45, 7) is 6.03. The molecule has 2 amide bonds. The van der Waals surface area contributed by atoms with Gasteiger partial charge in [0, 0.05) is 32.3 Å². The summed E-state index contributed by atoms with van der Waals surface area (Å²) < 4.78 is 18.9. The minimum atomic E-state index is -0.562. The molecule has 31 heavy (non-hydrogen) atoms. The molecule has 0 aliphatic carbocycles. The lowest BCUT2D eigenvalue weighted by Crippen LogP contribution is -2.49. The van der Waals surface area contributed by atoms with Gasteiger partial charge < -0.3 is 14.5 Å². The van der Waals surface area contributed by atoms with Crippen LogP contribution in [0.4, 0.5) is 4.39 Å². The largest absolute Gasteiger partial charge is 0.383 e. The number of benzene rings is 2. The summed E-state index contributed by atoms with van der Waals surface area (Å²) in [5.74, 6) is -1.06. The van der Waals surface area contributed by atoms with Crippen molar-refractivity contribution in [3.05, 3.63) is 71.0 Å². The van der Waals surface area contributed by atoms with E-state index < -0.39 is 12.0 Å². The summed E-state index contributed by atoms with van der Waals surface area (Å²) in [6.07, 6.45) is 1.91. The molecule has 0 aromatic heterocycles. The number of carbonyl (C=O) groups is 2. The van der Waals surface area contributed by atoms with Crippen molar-refractivity contribution in [1.82, 2.24) is 9.80 Å². The highest BCUT2D eigenvalue weighted by atomic mass is 19.1. The van der Waals surface area contributed by atoms with Crippen LogP contribution in [0.5, 0.6) is 0 Å². The minimum Gasteiger partial charge on any atom is -0.383 e. The van der Waals surface area contributed by atoms with Crippen LogP contribution in [0.2, 0.25) is 0 Å². The normalized spacial score (nSPS) is 18.1. The van der Waals surface area contributed by atoms with E-state index in [1.807, 2.05) is 30.0 Å². The Hall–Kier alpha value is -2.73. The van der Waals surface area contributed by atoms with E-state index in [-0.39, 0.29) is 17.6 Å². The van der Waals surface area contributed by atoms with Gasteiger partial charge in [-0.25, -0.2) is 4.39 Å². The average molecular weight is 427 g/mol. The van der Waals surface area contributed by atoms with Crippen molar-refractivity contribution in [3.63, 3.8) is 0 Å². The molecule has 0 N–H and O–H groups in total. The van der Waals surface area contributed by atoms with Crippen molar-refractivity contribution in [2.45, 2.75) is 38.6 Å². The van der Waals surface area contributed by atoms with Crippen LogP contribution in [0, 0.1) is 5.82 Å². The first kappa shape index (κ1) is 22.9. The van der Waals surface area contributed by atoms with Crippen LogP contribution >= 0.6 is 0 Å². The van der Waals surface area contributed by atoms with Gasteiger partial charge in [-0.1, -0.05) is 43.7 Å². The third-order valence-corrected chi connectivity index (χ3v) is 5.93. The van der Waals surface area contributed by atoms with E-state index in [1.165, 1.54) is 12.1 Å². The molecule has 166 valence electrons. The second-order valence-corrected chi connectivity index (χ2v) is 7.82. The molecule has 2 aromatic carbocycles. The third-order valence-electron chi connectivity index (χ3n) is 5.93. The number of hydrogen-bond donors (Lipinski definition) is 0. The van der Waals surface area contributed by atoms with Gasteiger partial charge in [0.1, 0.15) is 5.82 Å². The molecular formula is C25H31FN2O3. The Balaban J connectivity index is 2.15. The Labute approximate surface area is 183 Å². The standard InChI is InChI=1S/C25H31FN2O3/c1-4-6-15-27(5-2)25(30)22-20-9-7-8-10-21(20)24(29)28(16-17-31-3)23(22)18-11-13-19(26)14-12-18/h7-14,22-23H,4-6,15-17H2,1-3H3. The van der Waals surface area contributed by atoms with Gasteiger partial charge >= 0.3 is 0 Å². The second-order valence-electron chi connectivity index (χ2n) is 7.82. The van der Waals surface area contributed by atoms with Crippen LogP contribution in [-0.4, -0.2) is 55.0 Å². The summed E-state index contributed by atoms with van der Waals surface area (Å²) in [5, 5.41) is 0. The van der Waals surface area contributed by atoms with Gasteiger partial charge in [-0.05, 0) is 42.7 Å². The minimum absolute atomic E-state index is 0.00681. The van der Waals surface area contributed by atoms with Crippen molar-refractivity contribution in [2.24, 2.45) is 0 Å². The number of hydrogen-bond acceptors (Lipinski definition) is 3. The maximum Gasteiger partial charge on any atom is 0.254 e. The van der Waals surface area contributed by atoms with Crippen LogP contribution < -0.4 is 0 Å². The highest BCUT2D eigenvalue weighted by Crippen LogP contribution is 2.43. The number of ether oxygens (including phenoxy) is 1. The zero-order chi connectivity index (χ0) is 22.4. The molecule has 3 rings (SSSR count). The smallest absolute Gasteiger partial charge is 0.254 e. The number of carbonyl (C=O) groups excluding carboxylic acids is 2. The van der Waals surface area contributed by atoms with Crippen LogP contribution in [0.3, 0.4) is 0 Å². The van der Waals surface area contributed by atoms with Crippen molar-refractivity contribution in [3.8, 4) is 0 Å². The molecule has 0 saturated heterocycles. The number of methoxy groups -OCH3 is 1. The molecule has 1 heterocycles. The lowest BCUT2D eigenvalue weighted by atomic mass is 9.78. The lowest BCUT2D eigenvalue weighted by Gasteiger charge is -2.43. The van der Waals surface area contributed by atoms with Crippen molar-refractivity contribution < 1.29 is 18.7 Å². The number of rotatable bonds is 9. The number of amides is 2. The van der Waals surface area contributed by atoms with Gasteiger partial charge in [0.05, 0.1) is 18.6 Å². The van der Waals surface area contributed by atoms with Crippen molar-refractivity contribution in [1.29, 1.82) is 0 Å². The van der Waals surface area contributed by atoms with Gasteiger partial charge in [-0.2, -0.15) is 0 Å². The Kier molecular flexibility index (Phi) is 7.80. The van der Waals surface area contributed by atoms with E-state index in [0.717, 1.165) is 24.0 Å². The fourth-order valence-electron chi connectivity index (χ4n) is 4.29. The third kappa shape index (κ3) is 4.79. The monoisotopic (exact) mass is 426 g/mol. The summed E-state index contributed by atoms with van der Waals surface area (Å²) in [6, 6.07) is 12.9. The number of halogens is 1. The lowest BCUT2D eigenvalue weighted by molar-refractivity contribution is -0.134. The average Bonchev–Trinajstić information content (AvgIpc) is 2.79. The summed E-state index contributed by atoms with van der Waals surface area (Å²) >= 11 is 0. The summed E-state index contributed by atoms with van der Waals surface area (Å²) in [4.78, 5) is 30.9. The van der Waals surface area contributed by atoms with Crippen LogP contribution in [-0.2, 0) is 9.53 Å². The maximum atomic E-state index is 13.9. The number of nitrogens with zero attached hydrogens (tertiary/aromatic N) is 2. The van der Waals surface area contributed by atoms with Gasteiger partial charge in [-0.3, -0.25) is 9.59 Å². The molecule has 0 saturated carbocycles. The first-order chi connectivity index (χ1) is 15.0. The van der Waals surface area contributed by atoms with Crippen molar-refractivity contribution in [2.75, 3.05) is 33.4 Å². The van der Waals surface area contributed by atoms with E-state index >= 15 is 0 Å². The molecule has 1 aliphatic rings. The van der Waals surface area contributed by atoms with E-state index in [4.69, 9.17) is 4.74 Å². The Bertz CT molecular complexity index is 900. The number of likely N-dealkylation sites (N-methyl/N-ethyl adjacent to an activating group) is 1. The second kappa shape index (κ2) is 10.5. The fourth-order valence-corrected chi connectivity index (χ4v) is 4.29. The van der Waals surface area contributed by atoms with Gasteiger partial charge in [0.15, 0.2) is 0 Å². The maximum absolute atomic E-state index is 13.9. The predicted octanol–water partition coefficient (Wildman–Crippen LogP) is 4.40. The van der Waals surface area contributed by atoms with E-state index in [9.17, 15) is 14.0 Å². The molecule has 0 spiro atoms.